The van der Waals surface area contributed by atoms with Gasteiger partial charge in [0, 0.05) is 18.6 Å². The van der Waals surface area contributed by atoms with Gasteiger partial charge in [-0.2, -0.15) is 10.2 Å². The van der Waals surface area contributed by atoms with Crippen molar-refractivity contribution in [3.05, 3.63) is 48.5 Å². The van der Waals surface area contributed by atoms with Crippen molar-refractivity contribution in [1.82, 2.24) is 29.4 Å². The standard InChI is InChI=1S/C20H22N8O3/c1-20(2,30)11-27-10-14(16(26-27)13-5-6-15(31-3)17(21)24-13)25-19(29)12-9-23-28-8-4-7-22-18(12)28/h4-10,30H,11H2,1-3H3,(H2,21,24)(H,25,29). The largest absolute Gasteiger partial charge is 0.493 e. The SMILES string of the molecule is COc1ccc(-c2nn(CC(C)(C)O)cc2NC(=O)c2cnn3cccnc23)nc1N. The lowest BCUT2D eigenvalue weighted by Gasteiger charge is -2.16. The molecule has 4 aromatic rings. The molecule has 4 aromatic heterocycles. The topological polar surface area (TPSA) is 145 Å². The van der Waals surface area contributed by atoms with Crippen molar-refractivity contribution in [2.75, 3.05) is 18.2 Å². The number of aromatic nitrogens is 6. The van der Waals surface area contributed by atoms with Gasteiger partial charge in [0.2, 0.25) is 0 Å². The van der Waals surface area contributed by atoms with E-state index in [-0.39, 0.29) is 12.4 Å². The van der Waals surface area contributed by atoms with E-state index in [9.17, 15) is 9.90 Å². The number of methoxy groups -OCH3 is 1. The number of carbonyl (C=O) groups is 1. The summed E-state index contributed by atoms with van der Waals surface area (Å²) in [6.45, 7) is 3.54. The molecule has 11 nitrogen and oxygen atoms in total. The maximum Gasteiger partial charge on any atom is 0.261 e. The van der Waals surface area contributed by atoms with E-state index in [1.165, 1.54) is 17.8 Å². The van der Waals surface area contributed by atoms with Gasteiger partial charge in [-0.3, -0.25) is 9.48 Å². The molecular formula is C20H22N8O3. The third kappa shape index (κ3) is 4.16. The minimum atomic E-state index is -1.01. The summed E-state index contributed by atoms with van der Waals surface area (Å²) in [6.07, 6.45) is 6.37. The average molecular weight is 422 g/mol. The number of pyridine rings is 1. The monoisotopic (exact) mass is 422 g/mol. The van der Waals surface area contributed by atoms with E-state index >= 15 is 0 Å². The second kappa shape index (κ2) is 7.69. The van der Waals surface area contributed by atoms with Gasteiger partial charge in [0.05, 0.1) is 36.8 Å². The van der Waals surface area contributed by atoms with E-state index in [0.717, 1.165) is 0 Å². The van der Waals surface area contributed by atoms with Crippen LogP contribution in [0, 0.1) is 0 Å². The minimum absolute atomic E-state index is 0.196. The average Bonchev–Trinajstić information content (AvgIpc) is 3.30. The Labute approximate surface area is 177 Å². The number of anilines is 2. The number of ether oxygens (including phenoxy) is 1. The molecule has 31 heavy (non-hydrogen) atoms. The Morgan fingerprint density at radius 3 is 2.87 bits per heavy atom. The van der Waals surface area contributed by atoms with Crippen LogP contribution < -0.4 is 15.8 Å². The lowest BCUT2D eigenvalue weighted by atomic mass is 10.1. The Balaban J connectivity index is 1.73. The van der Waals surface area contributed by atoms with Crippen LogP contribution in [-0.4, -0.2) is 53.1 Å². The summed E-state index contributed by atoms with van der Waals surface area (Å²) < 4.78 is 8.22. The highest BCUT2D eigenvalue weighted by molar-refractivity contribution is 6.09. The number of hydrogen-bond acceptors (Lipinski definition) is 8. The summed E-state index contributed by atoms with van der Waals surface area (Å²) in [5.74, 6) is 0.225. The molecule has 160 valence electrons. The van der Waals surface area contributed by atoms with Gasteiger partial charge < -0.3 is 20.9 Å². The summed E-state index contributed by atoms with van der Waals surface area (Å²) in [5, 5.41) is 21.7. The summed E-state index contributed by atoms with van der Waals surface area (Å²) in [5.41, 5.74) is 6.93. The molecule has 0 aliphatic heterocycles. The number of hydrogen-bond donors (Lipinski definition) is 3. The molecule has 0 unspecified atom stereocenters. The van der Waals surface area contributed by atoms with Gasteiger partial charge in [0.15, 0.2) is 17.2 Å². The van der Waals surface area contributed by atoms with Crippen molar-refractivity contribution in [3.63, 3.8) is 0 Å². The van der Waals surface area contributed by atoms with Gasteiger partial charge in [0.25, 0.3) is 5.91 Å². The number of nitrogens with two attached hydrogens (primary N) is 1. The summed E-state index contributed by atoms with van der Waals surface area (Å²) in [6, 6.07) is 5.09. The normalized spacial score (nSPS) is 11.6. The summed E-state index contributed by atoms with van der Waals surface area (Å²) in [4.78, 5) is 21.5. The smallest absolute Gasteiger partial charge is 0.261 e. The number of nitrogen functional groups attached to an aromatic ring is 1. The van der Waals surface area contributed by atoms with Gasteiger partial charge in [0.1, 0.15) is 11.3 Å². The van der Waals surface area contributed by atoms with E-state index in [1.807, 2.05) is 0 Å². The minimum Gasteiger partial charge on any atom is -0.493 e. The third-order valence-electron chi connectivity index (χ3n) is 4.43. The van der Waals surface area contributed by atoms with Crippen molar-refractivity contribution in [1.29, 1.82) is 0 Å². The zero-order valence-corrected chi connectivity index (χ0v) is 17.3. The van der Waals surface area contributed by atoms with Crippen molar-refractivity contribution in [3.8, 4) is 17.1 Å². The highest BCUT2D eigenvalue weighted by Crippen LogP contribution is 2.30. The van der Waals surface area contributed by atoms with Gasteiger partial charge in [-0.15, -0.1) is 0 Å². The first-order chi connectivity index (χ1) is 14.7. The summed E-state index contributed by atoms with van der Waals surface area (Å²) in [7, 11) is 1.50. The zero-order chi connectivity index (χ0) is 22.2. The zero-order valence-electron chi connectivity index (χ0n) is 17.3. The van der Waals surface area contributed by atoms with Crippen LogP contribution in [0.5, 0.6) is 5.75 Å². The van der Waals surface area contributed by atoms with Gasteiger partial charge in [-0.05, 0) is 32.0 Å². The fourth-order valence-electron chi connectivity index (χ4n) is 3.12. The van der Waals surface area contributed by atoms with E-state index in [1.54, 1.807) is 55.3 Å². The van der Waals surface area contributed by atoms with Crippen molar-refractivity contribution < 1.29 is 14.6 Å². The molecule has 1 amide bonds. The van der Waals surface area contributed by atoms with E-state index in [0.29, 0.717) is 34.0 Å². The molecule has 0 atom stereocenters. The molecular weight excluding hydrogens is 400 g/mol. The highest BCUT2D eigenvalue weighted by atomic mass is 16.5. The number of rotatable bonds is 6. The molecule has 11 heteroatoms. The first-order valence-corrected chi connectivity index (χ1v) is 9.45. The molecule has 4 N–H and O–H groups in total. The maximum absolute atomic E-state index is 13.0. The number of fused-ring (bicyclic) bond motifs is 1. The molecule has 0 radical (unpaired) electrons. The molecule has 0 aromatic carbocycles. The molecule has 0 saturated carbocycles. The molecule has 0 aliphatic rings. The Morgan fingerprint density at radius 1 is 1.35 bits per heavy atom. The van der Waals surface area contributed by atoms with Gasteiger partial charge in [-0.25, -0.2) is 14.5 Å². The van der Waals surface area contributed by atoms with E-state index in [4.69, 9.17) is 10.5 Å². The van der Waals surface area contributed by atoms with Gasteiger partial charge in [-0.1, -0.05) is 0 Å². The number of aliphatic hydroxyl groups is 1. The second-order valence-electron chi connectivity index (χ2n) is 7.59. The third-order valence-corrected chi connectivity index (χ3v) is 4.43. The van der Waals surface area contributed by atoms with E-state index < -0.39 is 11.5 Å². The quantitative estimate of drug-likeness (QED) is 0.425. The van der Waals surface area contributed by atoms with Crippen LogP contribution in [0.1, 0.15) is 24.2 Å². The highest BCUT2D eigenvalue weighted by Gasteiger charge is 2.22. The molecule has 0 bridgehead atoms. The molecule has 4 heterocycles. The molecule has 0 spiro atoms. The van der Waals surface area contributed by atoms with Crippen molar-refractivity contribution in [2.45, 2.75) is 26.0 Å². The van der Waals surface area contributed by atoms with Gasteiger partial charge >= 0.3 is 0 Å². The van der Waals surface area contributed by atoms with Crippen LogP contribution in [0.15, 0.2) is 43.0 Å². The van der Waals surface area contributed by atoms with Crippen LogP contribution in [0.3, 0.4) is 0 Å². The van der Waals surface area contributed by atoms with Crippen LogP contribution in [0.4, 0.5) is 11.5 Å². The first-order valence-electron chi connectivity index (χ1n) is 9.45. The Bertz CT molecular complexity index is 1260. The predicted octanol–water partition coefficient (Wildman–Crippen LogP) is 1.60. The van der Waals surface area contributed by atoms with Crippen LogP contribution in [-0.2, 0) is 6.54 Å². The van der Waals surface area contributed by atoms with Crippen LogP contribution in [0.25, 0.3) is 17.0 Å². The molecule has 0 aliphatic carbocycles. The fourth-order valence-corrected chi connectivity index (χ4v) is 3.12. The number of carbonyl (C=O) groups excluding carboxylic acids is 1. The van der Waals surface area contributed by atoms with Crippen LogP contribution in [0.2, 0.25) is 0 Å². The lowest BCUT2D eigenvalue weighted by molar-refractivity contribution is 0.0578. The summed E-state index contributed by atoms with van der Waals surface area (Å²) >= 11 is 0. The first kappa shape index (κ1) is 20.3. The Kier molecular flexibility index (Phi) is 5.03. The lowest BCUT2D eigenvalue weighted by Crippen LogP contribution is -2.26. The Morgan fingerprint density at radius 2 is 2.16 bits per heavy atom. The number of amides is 1. The predicted molar refractivity (Wildman–Crippen MR) is 114 cm³/mol. The van der Waals surface area contributed by atoms with Crippen molar-refractivity contribution in [2.24, 2.45) is 0 Å². The van der Waals surface area contributed by atoms with Crippen molar-refractivity contribution >= 4 is 23.1 Å². The molecule has 4 rings (SSSR count). The molecule has 0 fully saturated rings. The van der Waals surface area contributed by atoms with Crippen LogP contribution >= 0.6 is 0 Å². The number of nitrogens with zero attached hydrogens (tertiary/aromatic N) is 6. The number of nitrogens with one attached hydrogen (secondary N) is 1. The fraction of sp³-hybridized carbons (Fsp3) is 0.250. The maximum atomic E-state index is 13.0. The second-order valence-corrected chi connectivity index (χ2v) is 7.59. The van der Waals surface area contributed by atoms with E-state index in [2.05, 4.69) is 25.5 Å². The Hall–Kier alpha value is -3.99. The molecule has 0 saturated heterocycles.